The second-order valence-corrected chi connectivity index (χ2v) is 9.28. The Kier molecular flexibility index (Phi) is 7.95. The molecule has 1 aromatic heterocycles. The predicted molar refractivity (Wildman–Crippen MR) is 119 cm³/mol. The van der Waals surface area contributed by atoms with E-state index < -0.39 is 15.1 Å². The average Bonchev–Trinajstić information content (AvgIpc) is 2.72. The number of hydrogen-bond donors (Lipinski definition) is 1. The van der Waals surface area contributed by atoms with E-state index in [2.05, 4.69) is 5.32 Å². The minimum absolute atomic E-state index is 0.0707. The van der Waals surface area contributed by atoms with Crippen LogP contribution in [0.5, 0.6) is 5.75 Å². The van der Waals surface area contributed by atoms with Gasteiger partial charge in [-0.05, 0) is 36.4 Å². The highest BCUT2D eigenvalue weighted by molar-refractivity contribution is 7.86. The molecule has 1 heterocycles. The van der Waals surface area contributed by atoms with Gasteiger partial charge < -0.3 is 10.1 Å². The molecule has 1 N–H and O–H groups in total. The molecule has 0 bridgehead atoms. The van der Waals surface area contributed by atoms with Gasteiger partial charge in [0.15, 0.2) is 25.5 Å². The first-order valence-corrected chi connectivity index (χ1v) is 11.7. The van der Waals surface area contributed by atoms with Gasteiger partial charge >= 0.3 is 10.2 Å². The van der Waals surface area contributed by atoms with E-state index in [4.69, 9.17) is 39.5 Å². The van der Waals surface area contributed by atoms with Crippen LogP contribution in [0.3, 0.4) is 0 Å². The standard InChI is InChI=1S/C21H16Cl3FN2O4S/c22-16-3-6-20(32(25,29)30)15(8-16)12-27-7-1-2-14(11-27)10-26-21(28)13-31-17-4-5-18(23)19(24)9-17/h1-9,11H,10,12-13H2/p+1. The van der Waals surface area contributed by atoms with Crippen LogP contribution in [0.25, 0.3) is 0 Å². The molecule has 0 aliphatic heterocycles. The number of nitrogens with zero attached hydrogens (tertiary/aromatic N) is 1. The van der Waals surface area contributed by atoms with Crippen molar-refractivity contribution in [3.05, 3.63) is 87.1 Å². The van der Waals surface area contributed by atoms with Crippen LogP contribution in [-0.2, 0) is 28.1 Å². The van der Waals surface area contributed by atoms with Crippen LogP contribution in [0.15, 0.2) is 65.8 Å². The lowest BCUT2D eigenvalue weighted by Gasteiger charge is -2.08. The molecule has 3 rings (SSSR count). The number of nitrogens with one attached hydrogen (secondary N) is 1. The lowest BCUT2D eigenvalue weighted by atomic mass is 10.2. The number of carbonyl (C=O) groups is 1. The van der Waals surface area contributed by atoms with Gasteiger partial charge in [-0.15, -0.1) is 3.89 Å². The van der Waals surface area contributed by atoms with E-state index in [1.54, 1.807) is 41.2 Å². The van der Waals surface area contributed by atoms with E-state index in [9.17, 15) is 17.1 Å². The quantitative estimate of drug-likeness (QED) is 0.356. The number of aromatic nitrogens is 1. The maximum absolute atomic E-state index is 13.6. The lowest BCUT2D eigenvalue weighted by Crippen LogP contribution is -2.35. The molecule has 0 radical (unpaired) electrons. The summed E-state index contributed by atoms with van der Waals surface area (Å²) >= 11 is 17.7. The number of ether oxygens (including phenoxy) is 1. The molecule has 0 spiro atoms. The van der Waals surface area contributed by atoms with Crippen LogP contribution >= 0.6 is 34.8 Å². The maximum atomic E-state index is 13.6. The second kappa shape index (κ2) is 10.5. The zero-order valence-corrected chi connectivity index (χ0v) is 19.5. The Morgan fingerprint density at radius 2 is 1.84 bits per heavy atom. The predicted octanol–water partition coefficient (Wildman–Crippen LogP) is 4.34. The van der Waals surface area contributed by atoms with Crippen LogP contribution in [0.2, 0.25) is 15.1 Å². The number of benzene rings is 2. The Morgan fingerprint density at radius 3 is 2.56 bits per heavy atom. The molecule has 32 heavy (non-hydrogen) atoms. The summed E-state index contributed by atoms with van der Waals surface area (Å²) in [5, 5.41) is 3.71. The number of amides is 1. The van der Waals surface area contributed by atoms with Gasteiger partial charge in [0.1, 0.15) is 10.6 Å². The Bertz CT molecular complexity index is 1260. The Hall–Kier alpha value is -2.39. The molecule has 0 saturated carbocycles. The summed E-state index contributed by atoms with van der Waals surface area (Å²) in [6, 6.07) is 12.0. The normalized spacial score (nSPS) is 11.2. The number of halogens is 4. The molecule has 1 amide bonds. The zero-order valence-electron chi connectivity index (χ0n) is 16.4. The smallest absolute Gasteiger partial charge is 0.332 e. The highest BCUT2D eigenvalue weighted by Gasteiger charge is 2.20. The molecule has 0 fully saturated rings. The molecular weight excluding hydrogens is 502 g/mol. The molecule has 0 atom stereocenters. The van der Waals surface area contributed by atoms with Gasteiger partial charge in [0.05, 0.1) is 10.0 Å². The Labute approximate surface area is 199 Å². The van der Waals surface area contributed by atoms with Gasteiger partial charge in [0.25, 0.3) is 5.91 Å². The van der Waals surface area contributed by atoms with Crippen LogP contribution in [-0.4, -0.2) is 20.9 Å². The van der Waals surface area contributed by atoms with Gasteiger partial charge in [-0.2, -0.15) is 8.42 Å². The Morgan fingerprint density at radius 1 is 1.06 bits per heavy atom. The summed E-state index contributed by atoms with van der Waals surface area (Å²) < 4.78 is 43.4. The number of hydrogen-bond acceptors (Lipinski definition) is 4. The molecule has 168 valence electrons. The second-order valence-electron chi connectivity index (χ2n) is 6.72. The molecule has 3 aromatic rings. The molecule has 11 heteroatoms. The summed E-state index contributed by atoms with van der Waals surface area (Å²) in [5.74, 6) is 0.0550. The van der Waals surface area contributed by atoms with Crippen molar-refractivity contribution in [2.75, 3.05) is 6.61 Å². The topological polar surface area (TPSA) is 76.3 Å². The summed E-state index contributed by atoms with van der Waals surface area (Å²) in [7, 11) is -4.89. The van der Waals surface area contributed by atoms with Crippen molar-refractivity contribution in [2.45, 2.75) is 18.0 Å². The van der Waals surface area contributed by atoms with Crippen molar-refractivity contribution in [2.24, 2.45) is 0 Å². The molecule has 0 aliphatic carbocycles. The van der Waals surface area contributed by atoms with E-state index in [1.807, 2.05) is 0 Å². The lowest BCUT2D eigenvalue weighted by molar-refractivity contribution is -0.689. The van der Waals surface area contributed by atoms with E-state index in [-0.39, 0.29) is 31.2 Å². The number of pyridine rings is 1. The van der Waals surface area contributed by atoms with E-state index in [1.165, 1.54) is 18.2 Å². The zero-order chi connectivity index (χ0) is 23.3. The SMILES string of the molecule is O=C(COc1ccc(Cl)c(Cl)c1)NCc1ccc[n+](Cc2cc(Cl)ccc2S(=O)(=O)F)c1. The third-order valence-corrected chi connectivity index (χ3v) is 6.21. The van der Waals surface area contributed by atoms with Crippen molar-refractivity contribution in [1.82, 2.24) is 5.32 Å². The van der Waals surface area contributed by atoms with Crippen molar-refractivity contribution in [1.29, 1.82) is 0 Å². The molecule has 0 aliphatic rings. The van der Waals surface area contributed by atoms with Crippen molar-refractivity contribution >= 4 is 50.9 Å². The molecular formula is C21H17Cl3FN2O4S+. The fraction of sp³-hybridized carbons (Fsp3) is 0.143. The van der Waals surface area contributed by atoms with Gasteiger partial charge in [-0.1, -0.05) is 34.8 Å². The van der Waals surface area contributed by atoms with Crippen LogP contribution in [0, 0.1) is 0 Å². The number of carbonyl (C=O) groups excluding carboxylic acids is 1. The molecule has 6 nitrogen and oxygen atoms in total. The molecule has 2 aromatic carbocycles. The van der Waals surface area contributed by atoms with Crippen LogP contribution in [0.1, 0.15) is 11.1 Å². The van der Waals surface area contributed by atoms with Crippen LogP contribution < -0.4 is 14.6 Å². The maximum Gasteiger partial charge on any atom is 0.332 e. The van der Waals surface area contributed by atoms with Gasteiger partial charge in [0, 0.05) is 34.8 Å². The summed E-state index contributed by atoms with van der Waals surface area (Å²) in [5.41, 5.74) is 0.947. The fourth-order valence-electron chi connectivity index (χ4n) is 2.85. The largest absolute Gasteiger partial charge is 0.484 e. The molecule has 0 saturated heterocycles. The summed E-state index contributed by atoms with van der Waals surface area (Å²) in [6.07, 6.45) is 3.39. The fourth-order valence-corrected chi connectivity index (χ4v) is 4.00. The van der Waals surface area contributed by atoms with Gasteiger partial charge in [-0.25, -0.2) is 4.57 Å². The average molecular weight is 519 g/mol. The first-order valence-electron chi connectivity index (χ1n) is 9.17. The van der Waals surface area contributed by atoms with E-state index in [0.29, 0.717) is 20.8 Å². The minimum Gasteiger partial charge on any atom is -0.484 e. The summed E-state index contributed by atoms with van der Waals surface area (Å²) in [4.78, 5) is 11.6. The highest BCUT2D eigenvalue weighted by atomic mass is 35.5. The third kappa shape index (κ3) is 6.80. The molecule has 0 unspecified atom stereocenters. The Balaban J connectivity index is 1.61. The van der Waals surface area contributed by atoms with E-state index >= 15 is 0 Å². The monoisotopic (exact) mass is 517 g/mol. The van der Waals surface area contributed by atoms with E-state index in [0.717, 1.165) is 11.6 Å². The first kappa shape index (κ1) is 24.3. The van der Waals surface area contributed by atoms with Crippen molar-refractivity contribution < 1.29 is 26.4 Å². The highest BCUT2D eigenvalue weighted by Crippen LogP contribution is 2.26. The third-order valence-electron chi connectivity index (χ3n) is 4.31. The van der Waals surface area contributed by atoms with Crippen molar-refractivity contribution in [3.63, 3.8) is 0 Å². The van der Waals surface area contributed by atoms with Gasteiger partial charge in [0.2, 0.25) is 0 Å². The summed E-state index contributed by atoms with van der Waals surface area (Å²) in [6.45, 7) is 0.0561. The first-order chi connectivity index (χ1) is 15.1. The number of rotatable bonds is 8. The van der Waals surface area contributed by atoms with Crippen LogP contribution in [0.4, 0.5) is 3.89 Å². The van der Waals surface area contributed by atoms with Gasteiger partial charge in [-0.3, -0.25) is 4.79 Å². The minimum atomic E-state index is -4.89. The van der Waals surface area contributed by atoms with Crippen molar-refractivity contribution in [3.8, 4) is 5.75 Å².